The topological polar surface area (TPSA) is 60.4 Å². The number of nitrogens with zero attached hydrogens (tertiary/aromatic N) is 4. The number of hydrogen-bond acceptors (Lipinski definition) is 4. The summed E-state index contributed by atoms with van der Waals surface area (Å²) in [6.07, 6.45) is -4.27. The molecule has 1 amide bonds. The van der Waals surface area contributed by atoms with Gasteiger partial charge in [-0.25, -0.2) is 0 Å². The second-order valence-corrected chi connectivity index (χ2v) is 6.80. The van der Waals surface area contributed by atoms with Crippen LogP contribution in [0.2, 0.25) is 0 Å². The van der Waals surface area contributed by atoms with Crippen molar-refractivity contribution in [2.45, 2.75) is 25.4 Å². The van der Waals surface area contributed by atoms with Crippen LogP contribution >= 0.6 is 24.0 Å². The Morgan fingerprint density at radius 2 is 1.68 bits per heavy atom. The number of alkyl halides is 3. The lowest BCUT2D eigenvalue weighted by molar-refractivity contribution is -0.137. The lowest BCUT2D eigenvalue weighted by atomic mass is 10.2. The van der Waals surface area contributed by atoms with E-state index >= 15 is 0 Å². The van der Waals surface area contributed by atoms with E-state index in [0.717, 1.165) is 26.2 Å². The highest BCUT2D eigenvalue weighted by atomic mass is 127. The summed E-state index contributed by atoms with van der Waals surface area (Å²) >= 11 is 0. The van der Waals surface area contributed by atoms with Crippen molar-refractivity contribution in [3.8, 4) is 0 Å². The van der Waals surface area contributed by atoms with Crippen molar-refractivity contribution in [2.75, 3.05) is 72.6 Å². The van der Waals surface area contributed by atoms with Crippen molar-refractivity contribution in [2.24, 2.45) is 4.99 Å². The van der Waals surface area contributed by atoms with Crippen LogP contribution < -0.4 is 5.32 Å². The van der Waals surface area contributed by atoms with Gasteiger partial charge in [-0.3, -0.25) is 14.7 Å². The fourth-order valence-electron chi connectivity index (χ4n) is 3.20. The summed E-state index contributed by atoms with van der Waals surface area (Å²) < 4.78 is 41.7. The van der Waals surface area contributed by atoms with Crippen LogP contribution in [-0.4, -0.2) is 105 Å². The quantitative estimate of drug-likeness (QED) is 0.248. The number of carbonyl (C=O) groups is 1. The second kappa shape index (κ2) is 12.7. The van der Waals surface area contributed by atoms with Gasteiger partial charge in [-0.05, 0) is 12.8 Å². The minimum absolute atomic E-state index is 0. The molecular formula is C17H31F3IN5O2. The Bertz CT molecular complexity index is 494. The third-order valence-corrected chi connectivity index (χ3v) is 4.78. The Morgan fingerprint density at radius 3 is 2.25 bits per heavy atom. The zero-order valence-corrected chi connectivity index (χ0v) is 18.7. The predicted octanol–water partition coefficient (Wildman–Crippen LogP) is 1.39. The van der Waals surface area contributed by atoms with Gasteiger partial charge in [-0.2, -0.15) is 13.2 Å². The van der Waals surface area contributed by atoms with Crippen LogP contribution in [-0.2, 0) is 9.53 Å². The van der Waals surface area contributed by atoms with Crippen LogP contribution in [0.1, 0.15) is 19.3 Å². The Hall–Kier alpha value is -0.820. The van der Waals surface area contributed by atoms with E-state index in [-0.39, 0.29) is 36.3 Å². The molecule has 2 saturated heterocycles. The minimum atomic E-state index is -4.09. The van der Waals surface area contributed by atoms with Crippen molar-refractivity contribution < 1.29 is 22.7 Å². The molecule has 0 aliphatic carbocycles. The first-order chi connectivity index (χ1) is 12.9. The number of nitrogens with one attached hydrogen (secondary N) is 1. The molecule has 2 fully saturated rings. The minimum Gasteiger partial charge on any atom is -0.378 e. The summed E-state index contributed by atoms with van der Waals surface area (Å²) in [4.78, 5) is 22.6. The molecule has 7 nitrogen and oxygen atoms in total. The first-order valence-corrected chi connectivity index (χ1v) is 9.49. The van der Waals surface area contributed by atoms with Crippen LogP contribution in [0.3, 0.4) is 0 Å². The number of morpholine rings is 1. The van der Waals surface area contributed by atoms with E-state index in [4.69, 9.17) is 4.74 Å². The summed E-state index contributed by atoms with van der Waals surface area (Å²) in [5.41, 5.74) is 0. The molecule has 1 N–H and O–H groups in total. The molecule has 0 aromatic heterocycles. The Balaban J connectivity index is 0.00000392. The first-order valence-electron chi connectivity index (χ1n) is 9.49. The zero-order chi connectivity index (χ0) is 19.7. The van der Waals surface area contributed by atoms with Crippen molar-refractivity contribution in [3.63, 3.8) is 0 Å². The van der Waals surface area contributed by atoms with Gasteiger partial charge in [0.1, 0.15) is 0 Å². The van der Waals surface area contributed by atoms with E-state index in [0.29, 0.717) is 51.8 Å². The van der Waals surface area contributed by atoms with E-state index in [1.54, 1.807) is 7.05 Å². The number of aliphatic imine (C=N–C) groups is 1. The molecule has 0 spiro atoms. The van der Waals surface area contributed by atoms with E-state index in [2.05, 4.69) is 20.1 Å². The largest absolute Gasteiger partial charge is 0.389 e. The normalized spacial score (nSPS) is 19.4. The number of hydrogen-bond donors (Lipinski definition) is 1. The van der Waals surface area contributed by atoms with Crippen LogP contribution in [0.15, 0.2) is 4.99 Å². The molecule has 0 aromatic rings. The summed E-state index contributed by atoms with van der Waals surface area (Å²) in [5.74, 6) is 0.847. The van der Waals surface area contributed by atoms with Crippen LogP contribution in [0, 0.1) is 0 Å². The molecule has 0 unspecified atom stereocenters. The molecule has 2 rings (SSSR count). The maximum absolute atomic E-state index is 12.3. The van der Waals surface area contributed by atoms with E-state index in [1.165, 1.54) is 0 Å². The van der Waals surface area contributed by atoms with Gasteiger partial charge in [0.25, 0.3) is 0 Å². The fourth-order valence-corrected chi connectivity index (χ4v) is 3.20. The number of piperazine rings is 1. The van der Waals surface area contributed by atoms with Crippen LogP contribution in [0.5, 0.6) is 0 Å². The zero-order valence-electron chi connectivity index (χ0n) is 16.3. The molecule has 11 heteroatoms. The molecule has 0 aromatic carbocycles. The number of ether oxygens (including phenoxy) is 1. The molecule has 0 atom stereocenters. The summed E-state index contributed by atoms with van der Waals surface area (Å²) in [5, 5.41) is 3.13. The number of carbonyl (C=O) groups excluding carboxylic acids is 1. The number of amides is 1. The van der Waals surface area contributed by atoms with Crippen molar-refractivity contribution in [3.05, 3.63) is 0 Å². The molecule has 0 bridgehead atoms. The third-order valence-electron chi connectivity index (χ3n) is 4.78. The average molecular weight is 521 g/mol. The molecule has 2 heterocycles. The standard InChI is InChI=1S/C17H30F3N5O2.HI/c1-21-16(22-5-3-2-4-17(18,19)20)25-8-6-23(7-9-25)14-15(26)24-10-12-27-13-11-24;/h2-14H2,1H3,(H,21,22);1H. The van der Waals surface area contributed by atoms with Gasteiger partial charge in [-0.15, -0.1) is 24.0 Å². The first kappa shape index (κ1) is 25.2. The molecular weight excluding hydrogens is 490 g/mol. The van der Waals surface area contributed by atoms with Crippen molar-refractivity contribution in [1.82, 2.24) is 20.0 Å². The highest BCUT2D eigenvalue weighted by molar-refractivity contribution is 14.0. The smallest absolute Gasteiger partial charge is 0.378 e. The molecule has 164 valence electrons. The maximum atomic E-state index is 12.3. The van der Waals surface area contributed by atoms with Gasteiger partial charge in [0.15, 0.2) is 5.96 Å². The number of halogens is 4. The summed E-state index contributed by atoms with van der Waals surface area (Å²) in [7, 11) is 1.67. The van der Waals surface area contributed by atoms with Gasteiger partial charge in [0, 0.05) is 59.3 Å². The lowest BCUT2D eigenvalue weighted by Gasteiger charge is -2.37. The van der Waals surface area contributed by atoms with E-state index < -0.39 is 12.6 Å². The van der Waals surface area contributed by atoms with Gasteiger partial charge < -0.3 is 19.9 Å². The highest BCUT2D eigenvalue weighted by Crippen LogP contribution is 2.21. The van der Waals surface area contributed by atoms with Gasteiger partial charge >= 0.3 is 6.18 Å². The SMILES string of the molecule is CN=C(NCCCCC(F)(F)F)N1CCN(CC(=O)N2CCOCC2)CC1.I. The predicted molar refractivity (Wildman–Crippen MR) is 112 cm³/mol. The van der Waals surface area contributed by atoms with Gasteiger partial charge in [-0.1, -0.05) is 0 Å². The molecule has 0 saturated carbocycles. The number of rotatable bonds is 6. The Morgan fingerprint density at radius 1 is 1.04 bits per heavy atom. The van der Waals surface area contributed by atoms with Crippen LogP contribution in [0.4, 0.5) is 13.2 Å². The molecule has 2 aliphatic rings. The van der Waals surface area contributed by atoms with Crippen LogP contribution in [0.25, 0.3) is 0 Å². The van der Waals surface area contributed by atoms with E-state index in [1.807, 2.05) is 4.90 Å². The Labute approximate surface area is 181 Å². The van der Waals surface area contributed by atoms with E-state index in [9.17, 15) is 18.0 Å². The maximum Gasteiger partial charge on any atom is 0.389 e. The highest BCUT2D eigenvalue weighted by Gasteiger charge is 2.26. The molecule has 28 heavy (non-hydrogen) atoms. The summed E-state index contributed by atoms with van der Waals surface area (Å²) in [6, 6.07) is 0. The summed E-state index contributed by atoms with van der Waals surface area (Å²) in [6.45, 7) is 6.38. The van der Waals surface area contributed by atoms with Crippen molar-refractivity contribution >= 4 is 35.8 Å². The monoisotopic (exact) mass is 521 g/mol. The lowest BCUT2D eigenvalue weighted by Crippen LogP contribution is -2.55. The fraction of sp³-hybridized carbons (Fsp3) is 0.882. The third kappa shape index (κ3) is 9.12. The van der Waals surface area contributed by atoms with Gasteiger partial charge in [0.05, 0.1) is 19.8 Å². The molecule has 0 radical (unpaired) electrons. The second-order valence-electron chi connectivity index (χ2n) is 6.80. The molecule has 2 aliphatic heterocycles. The van der Waals surface area contributed by atoms with Crippen molar-refractivity contribution in [1.29, 1.82) is 0 Å². The number of unbranched alkanes of at least 4 members (excludes halogenated alkanes) is 1. The number of guanidine groups is 1. The Kier molecular flexibility index (Phi) is 11.4. The van der Waals surface area contributed by atoms with Gasteiger partial charge in [0.2, 0.25) is 5.91 Å². The average Bonchev–Trinajstić information content (AvgIpc) is 2.65.